The van der Waals surface area contributed by atoms with E-state index in [1.165, 1.54) is 6.33 Å². The molecule has 1 aliphatic rings. The molecule has 128 valence electrons. The molecule has 1 N–H and O–H groups in total. The number of nitrogens with zero attached hydrogens (tertiary/aromatic N) is 5. The van der Waals surface area contributed by atoms with E-state index in [0.29, 0.717) is 5.56 Å². The molecule has 0 spiro atoms. The zero-order valence-electron chi connectivity index (χ0n) is 14.1. The van der Waals surface area contributed by atoms with Crippen LogP contribution in [0.15, 0.2) is 42.9 Å². The summed E-state index contributed by atoms with van der Waals surface area (Å²) in [5.74, 6) is 0.793. The fraction of sp³-hybridized carbons (Fsp3) is 0.333. The number of H-pyrrole nitrogens is 1. The van der Waals surface area contributed by atoms with Crippen LogP contribution in [-0.2, 0) is 0 Å². The van der Waals surface area contributed by atoms with E-state index in [0.717, 1.165) is 43.0 Å². The minimum absolute atomic E-state index is 0.0308. The van der Waals surface area contributed by atoms with Crippen molar-refractivity contribution in [1.82, 2.24) is 29.9 Å². The van der Waals surface area contributed by atoms with Crippen LogP contribution in [0, 0.1) is 6.92 Å². The standard InChI is InChI=1S/C18H20N6O/c1-13-9-10-21-24(13)15-7-5-14(6-8-15)18(25)23-11-3-2-4-16(23)17-19-12-20-22-17/h5-10,12,16H,2-4,11H2,1H3,(H,19,20,22)/t16-/m1/s1. The van der Waals surface area contributed by atoms with Crippen molar-refractivity contribution in [3.8, 4) is 5.69 Å². The predicted molar refractivity (Wildman–Crippen MR) is 92.3 cm³/mol. The second kappa shape index (κ2) is 6.51. The number of carbonyl (C=O) groups is 1. The molecule has 0 radical (unpaired) electrons. The fourth-order valence-electron chi connectivity index (χ4n) is 3.39. The number of aromatic nitrogens is 5. The normalized spacial score (nSPS) is 17.6. The number of benzene rings is 1. The fourth-order valence-corrected chi connectivity index (χ4v) is 3.39. The minimum Gasteiger partial charge on any atom is -0.328 e. The van der Waals surface area contributed by atoms with Gasteiger partial charge in [-0.2, -0.15) is 10.2 Å². The van der Waals surface area contributed by atoms with Crippen LogP contribution >= 0.6 is 0 Å². The number of likely N-dealkylation sites (tertiary alicyclic amines) is 1. The molecule has 25 heavy (non-hydrogen) atoms. The van der Waals surface area contributed by atoms with Gasteiger partial charge in [-0.05, 0) is 56.5 Å². The van der Waals surface area contributed by atoms with Gasteiger partial charge in [0.1, 0.15) is 12.2 Å². The molecule has 0 aliphatic carbocycles. The first-order valence-electron chi connectivity index (χ1n) is 8.51. The molecule has 4 rings (SSSR count). The van der Waals surface area contributed by atoms with E-state index in [9.17, 15) is 4.79 Å². The molecular formula is C18H20N6O. The quantitative estimate of drug-likeness (QED) is 0.797. The Kier molecular flexibility index (Phi) is 4.05. The maximum Gasteiger partial charge on any atom is 0.254 e. The second-order valence-electron chi connectivity index (χ2n) is 6.31. The summed E-state index contributed by atoms with van der Waals surface area (Å²) in [6.07, 6.45) is 6.27. The Morgan fingerprint density at radius 3 is 2.72 bits per heavy atom. The van der Waals surface area contributed by atoms with Gasteiger partial charge in [0.25, 0.3) is 5.91 Å². The third kappa shape index (κ3) is 2.93. The molecule has 1 aromatic carbocycles. The van der Waals surface area contributed by atoms with Gasteiger partial charge < -0.3 is 4.90 Å². The Hall–Kier alpha value is -2.96. The second-order valence-corrected chi connectivity index (χ2v) is 6.31. The van der Waals surface area contributed by atoms with E-state index >= 15 is 0 Å². The summed E-state index contributed by atoms with van der Waals surface area (Å²) in [4.78, 5) is 19.2. The van der Waals surface area contributed by atoms with Crippen molar-refractivity contribution in [1.29, 1.82) is 0 Å². The molecule has 1 aliphatic heterocycles. The van der Waals surface area contributed by atoms with Gasteiger partial charge in [0.2, 0.25) is 0 Å². The van der Waals surface area contributed by atoms with Crippen molar-refractivity contribution in [3.05, 3.63) is 59.9 Å². The lowest BCUT2D eigenvalue weighted by atomic mass is 10.00. The summed E-state index contributed by atoms with van der Waals surface area (Å²) < 4.78 is 1.85. The van der Waals surface area contributed by atoms with E-state index in [1.54, 1.807) is 6.20 Å². The lowest BCUT2D eigenvalue weighted by Gasteiger charge is -2.34. The number of amides is 1. The molecule has 1 amide bonds. The van der Waals surface area contributed by atoms with E-state index in [2.05, 4.69) is 20.3 Å². The smallest absolute Gasteiger partial charge is 0.254 e. The first kappa shape index (κ1) is 15.6. The predicted octanol–water partition coefficient (Wildman–Crippen LogP) is 2.67. The first-order valence-corrected chi connectivity index (χ1v) is 8.51. The number of rotatable bonds is 3. The van der Waals surface area contributed by atoms with E-state index < -0.39 is 0 Å². The molecule has 0 bridgehead atoms. The first-order chi connectivity index (χ1) is 12.2. The van der Waals surface area contributed by atoms with E-state index in [1.807, 2.05) is 46.8 Å². The highest BCUT2D eigenvalue weighted by molar-refractivity contribution is 5.94. The summed E-state index contributed by atoms with van der Waals surface area (Å²) in [6.45, 7) is 2.74. The monoisotopic (exact) mass is 336 g/mol. The molecule has 3 aromatic rings. The Bertz CT molecular complexity index is 852. The van der Waals surface area contributed by atoms with Gasteiger partial charge in [0, 0.05) is 24.0 Å². The van der Waals surface area contributed by atoms with Gasteiger partial charge in [-0.15, -0.1) is 0 Å². The molecule has 1 fully saturated rings. The molecule has 0 unspecified atom stereocenters. The molecular weight excluding hydrogens is 316 g/mol. The lowest BCUT2D eigenvalue weighted by Crippen LogP contribution is -2.39. The SMILES string of the molecule is Cc1ccnn1-c1ccc(C(=O)N2CCCC[C@@H]2c2ncn[nH]2)cc1. The zero-order valence-corrected chi connectivity index (χ0v) is 14.1. The summed E-state index contributed by atoms with van der Waals surface area (Å²) >= 11 is 0. The van der Waals surface area contributed by atoms with Crippen LogP contribution in [0.1, 0.15) is 47.2 Å². The van der Waals surface area contributed by atoms with Gasteiger partial charge >= 0.3 is 0 Å². The van der Waals surface area contributed by atoms with Crippen LogP contribution < -0.4 is 0 Å². The summed E-state index contributed by atoms with van der Waals surface area (Å²) in [5.41, 5.74) is 2.69. The van der Waals surface area contributed by atoms with E-state index in [4.69, 9.17) is 0 Å². The number of aryl methyl sites for hydroxylation is 1. The van der Waals surface area contributed by atoms with Crippen LogP contribution in [0.25, 0.3) is 5.69 Å². The number of aromatic amines is 1. The topological polar surface area (TPSA) is 79.7 Å². The van der Waals surface area contributed by atoms with Crippen LogP contribution in [0.3, 0.4) is 0 Å². The summed E-state index contributed by atoms with van der Waals surface area (Å²) in [6, 6.07) is 9.52. The largest absolute Gasteiger partial charge is 0.328 e. The maximum atomic E-state index is 13.0. The molecule has 1 saturated heterocycles. The molecule has 7 heteroatoms. The van der Waals surface area contributed by atoms with Crippen LogP contribution in [0.4, 0.5) is 0 Å². The number of piperidine rings is 1. The highest BCUT2D eigenvalue weighted by Crippen LogP contribution is 2.30. The maximum absolute atomic E-state index is 13.0. The molecule has 1 atom stereocenters. The Balaban J connectivity index is 1.58. The van der Waals surface area contributed by atoms with Gasteiger partial charge in [0.15, 0.2) is 0 Å². The Labute approximate surface area is 145 Å². The average Bonchev–Trinajstić information content (AvgIpc) is 3.33. The van der Waals surface area contributed by atoms with Crippen LogP contribution in [0.5, 0.6) is 0 Å². The molecule has 7 nitrogen and oxygen atoms in total. The van der Waals surface area contributed by atoms with Crippen LogP contribution in [0.2, 0.25) is 0 Å². The summed E-state index contributed by atoms with van der Waals surface area (Å²) in [5, 5.41) is 11.1. The van der Waals surface area contributed by atoms with E-state index in [-0.39, 0.29) is 11.9 Å². The Morgan fingerprint density at radius 1 is 1.20 bits per heavy atom. The van der Waals surface area contributed by atoms with Gasteiger partial charge in [-0.1, -0.05) is 0 Å². The van der Waals surface area contributed by atoms with Crippen molar-refractivity contribution >= 4 is 5.91 Å². The van der Waals surface area contributed by atoms with Crippen molar-refractivity contribution in [2.45, 2.75) is 32.2 Å². The van der Waals surface area contributed by atoms with Crippen molar-refractivity contribution < 1.29 is 4.79 Å². The number of hydrogen-bond donors (Lipinski definition) is 1. The Morgan fingerprint density at radius 2 is 2.04 bits per heavy atom. The highest BCUT2D eigenvalue weighted by Gasteiger charge is 2.30. The zero-order chi connectivity index (χ0) is 17.2. The highest BCUT2D eigenvalue weighted by atomic mass is 16.2. The van der Waals surface area contributed by atoms with Crippen molar-refractivity contribution in [2.24, 2.45) is 0 Å². The lowest BCUT2D eigenvalue weighted by molar-refractivity contribution is 0.0600. The van der Waals surface area contributed by atoms with Crippen molar-refractivity contribution in [2.75, 3.05) is 6.54 Å². The molecule has 0 saturated carbocycles. The number of nitrogens with one attached hydrogen (secondary N) is 1. The van der Waals surface area contributed by atoms with Crippen LogP contribution in [-0.4, -0.2) is 42.3 Å². The van der Waals surface area contributed by atoms with Gasteiger partial charge in [-0.3, -0.25) is 9.89 Å². The molecule has 3 heterocycles. The third-order valence-corrected chi connectivity index (χ3v) is 4.70. The molecule has 2 aromatic heterocycles. The van der Waals surface area contributed by atoms with Crippen molar-refractivity contribution in [3.63, 3.8) is 0 Å². The third-order valence-electron chi connectivity index (χ3n) is 4.70. The minimum atomic E-state index is -0.0308. The summed E-state index contributed by atoms with van der Waals surface area (Å²) in [7, 11) is 0. The number of hydrogen-bond acceptors (Lipinski definition) is 4. The average molecular weight is 336 g/mol. The van der Waals surface area contributed by atoms with Gasteiger partial charge in [0.05, 0.1) is 11.7 Å². The van der Waals surface area contributed by atoms with Gasteiger partial charge in [-0.25, -0.2) is 9.67 Å². The number of carbonyl (C=O) groups excluding carboxylic acids is 1.